The molecule has 0 aliphatic carbocycles. The third kappa shape index (κ3) is 5.51. The highest BCUT2D eigenvalue weighted by molar-refractivity contribution is 7.80. The molecule has 6 nitrogen and oxygen atoms in total. The van der Waals surface area contributed by atoms with E-state index in [0.717, 1.165) is 12.1 Å². The molecule has 0 fully saturated rings. The number of hydrogen-bond donors (Lipinski definition) is 3. The van der Waals surface area contributed by atoms with E-state index in [2.05, 4.69) is 20.7 Å². The van der Waals surface area contributed by atoms with Crippen molar-refractivity contribution in [2.24, 2.45) is 0 Å². The van der Waals surface area contributed by atoms with Crippen LogP contribution in [0.5, 0.6) is 11.5 Å². The standard InChI is InChI=1S/C21H18F5N3O3S/c1-10-16(18(30)28-13-6-4-3-5-12(13)21(24,25)26)17(29-20(33)27-10)11-7-8-14(32-19(22)23)15(9-11)31-2/h3-9,17,19H,1-2H3,(H,28,30)(H2,27,29,33). The Balaban J connectivity index is 1.99. The van der Waals surface area contributed by atoms with E-state index in [1.807, 2.05) is 0 Å². The van der Waals surface area contributed by atoms with Crippen LogP contribution in [0.2, 0.25) is 0 Å². The Labute approximate surface area is 190 Å². The topological polar surface area (TPSA) is 71.6 Å². The monoisotopic (exact) mass is 487 g/mol. The predicted octanol–water partition coefficient (Wildman–Crippen LogP) is 4.75. The fraction of sp³-hybridized carbons (Fsp3) is 0.238. The maximum absolute atomic E-state index is 13.3. The molecular weight excluding hydrogens is 469 g/mol. The van der Waals surface area contributed by atoms with Gasteiger partial charge >= 0.3 is 12.8 Å². The number of halogens is 5. The average molecular weight is 487 g/mol. The van der Waals surface area contributed by atoms with Crippen molar-refractivity contribution in [2.45, 2.75) is 25.8 Å². The molecule has 2 aromatic rings. The average Bonchev–Trinajstić information content (AvgIpc) is 2.72. The van der Waals surface area contributed by atoms with Crippen LogP contribution in [0.1, 0.15) is 24.1 Å². The van der Waals surface area contributed by atoms with E-state index in [4.69, 9.17) is 17.0 Å². The highest BCUT2D eigenvalue weighted by atomic mass is 32.1. The largest absolute Gasteiger partial charge is 0.493 e. The number of nitrogens with one attached hydrogen (secondary N) is 3. The third-order valence-corrected chi connectivity index (χ3v) is 4.95. The molecule has 1 aliphatic heterocycles. The number of hydrogen-bond acceptors (Lipinski definition) is 4. The second kappa shape index (κ2) is 9.61. The molecule has 0 aromatic heterocycles. The highest BCUT2D eigenvalue weighted by Crippen LogP contribution is 2.37. The molecule has 0 radical (unpaired) electrons. The van der Waals surface area contributed by atoms with Gasteiger partial charge in [0.05, 0.1) is 30.0 Å². The molecule has 2 aromatic carbocycles. The summed E-state index contributed by atoms with van der Waals surface area (Å²) in [6.07, 6.45) is -4.68. The fourth-order valence-electron chi connectivity index (χ4n) is 3.33. The van der Waals surface area contributed by atoms with Crippen molar-refractivity contribution in [3.8, 4) is 11.5 Å². The Morgan fingerprint density at radius 2 is 1.85 bits per heavy atom. The van der Waals surface area contributed by atoms with Crippen LogP contribution in [0.3, 0.4) is 0 Å². The van der Waals surface area contributed by atoms with E-state index >= 15 is 0 Å². The molecule has 12 heteroatoms. The van der Waals surface area contributed by atoms with Gasteiger partial charge in [-0.25, -0.2) is 0 Å². The van der Waals surface area contributed by atoms with Crippen molar-refractivity contribution in [1.82, 2.24) is 10.6 Å². The molecule has 0 saturated heterocycles. The van der Waals surface area contributed by atoms with Crippen LogP contribution >= 0.6 is 12.2 Å². The number of benzene rings is 2. The van der Waals surface area contributed by atoms with Crippen molar-refractivity contribution in [3.63, 3.8) is 0 Å². The summed E-state index contributed by atoms with van der Waals surface area (Å²) in [5.41, 5.74) is -0.690. The molecular formula is C21H18F5N3O3S. The molecule has 3 rings (SSSR count). The molecule has 0 bridgehead atoms. The molecule has 1 unspecified atom stereocenters. The van der Waals surface area contributed by atoms with Crippen molar-refractivity contribution in [3.05, 3.63) is 64.9 Å². The maximum atomic E-state index is 13.3. The summed E-state index contributed by atoms with van der Waals surface area (Å²) in [6, 6.07) is 7.67. The number of carbonyl (C=O) groups excluding carboxylic acids is 1. The zero-order valence-electron chi connectivity index (χ0n) is 17.2. The first-order chi connectivity index (χ1) is 15.5. The number of para-hydroxylation sites is 1. The number of rotatable bonds is 6. The molecule has 0 spiro atoms. The van der Waals surface area contributed by atoms with Gasteiger partial charge in [-0.3, -0.25) is 4.79 Å². The van der Waals surface area contributed by atoms with E-state index < -0.39 is 36.0 Å². The summed E-state index contributed by atoms with van der Waals surface area (Å²) in [5, 5.41) is 8.11. The molecule has 33 heavy (non-hydrogen) atoms. The van der Waals surface area contributed by atoms with Gasteiger partial charge in [0.15, 0.2) is 16.6 Å². The zero-order valence-corrected chi connectivity index (χ0v) is 18.0. The second-order valence-corrected chi connectivity index (χ2v) is 7.26. The molecule has 1 heterocycles. The number of allylic oxidation sites excluding steroid dienone is 1. The fourth-order valence-corrected chi connectivity index (χ4v) is 3.60. The van der Waals surface area contributed by atoms with Crippen molar-refractivity contribution >= 4 is 28.9 Å². The van der Waals surface area contributed by atoms with E-state index in [1.165, 1.54) is 44.4 Å². The molecule has 0 saturated carbocycles. The minimum Gasteiger partial charge on any atom is -0.493 e. The molecule has 1 amide bonds. The summed E-state index contributed by atoms with van der Waals surface area (Å²) in [4.78, 5) is 13.1. The molecule has 3 N–H and O–H groups in total. The summed E-state index contributed by atoms with van der Waals surface area (Å²) in [7, 11) is 1.25. The van der Waals surface area contributed by atoms with Crippen molar-refractivity contribution in [1.29, 1.82) is 0 Å². The minimum atomic E-state index is -4.68. The summed E-state index contributed by atoms with van der Waals surface area (Å²) >= 11 is 5.15. The van der Waals surface area contributed by atoms with Gasteiger partial charge in [-0.2, -0.15) is 22.0 Å². The number of methoxy groups -OCH3 is 1. The van der Waals surface area contributed by atoms with Crippen LogP contribution in [0, 0.1) is 0 Å². The summed E-state index contributed by atoms with van der Waals surface area (Å²) < 4.78 is 74.8. The molecule has 1 atom stereocenters. The Morgan fingerprint density at radius 3 is 2.48 bits per heavy atom. The van der Waals surface area contributed by atoms with Gasteiger partial charge < -0.3 is 25.4 Å². The SMILES string of the molecule is COc1cc(C2NC(=S)NC(C)=C2C(=O)Nc2ccccc2C(F)(F)F)ccc1OC(F)F. The van der Waals surface area contributed by atoms with Gasteiger partial charge in [-0.05, 0) is 49.0 Å². The van der Waals surface area contributed by atoms with Crippen LogP contribution < -0.4 is 25.4 Å². The van der Waals surface area contributed by atoms with Gasteiger partial charge in [0, 0.05) is 5.70 Å². The van der Waals surface area contributed by atoms with Crippen LogP contribution in [0.25, 0.3) is 0 Å². The highest BCUT2D eigenvalue weighted by Gasteiger charge is 2.35. The van der Waals surface area contributed by atoms with Gasteiger partial charge in [0.2, 0.25) is 0 Å². The Morgan fingerprint density at radius 1 is 1.15 bits per heavy atom. The smallest absolute Gasteiger partial charge is 0.418 e. The number of carbonyl (C=O) groups is 1. The second-order valence-electron chi connectivity index (χ2n) is 6.86. The van der Waals surface area contributed by atoms with E-state index in [1.54, 1.807) is 0 Å². The predicted molar refractivity (Wildman–Crippen MR) is 114 cm³/mol. The van der Waals surface area contributed by atoms with Crippen LogP contribution in [0.15, 0.2) is 53.7 Å². The first-order valence-corrected chi connectivity index (χ1v) is 9.80. The molecule has 1 aliphatic rings. The first kappa shape index (κ1) is 24.2. The lowest BCUT2D eigenvalue weighted by atomic mass is 9.94. The van der Waals surface area contributed by atoms with Crippen LogP contribution in [-0.4, -0.2) is 24.7 Å². The zero-order chi connectivity index (χ0) is 24.3. The lowest BCUT2D eigenvalue weighted by molar-refractivity contribution is -0.137. The van der Waals surface area contributed by atoms with Crippen molar-refractivity contribution in [2.75, 3.05) is 12.4 Å². The summed E-state index contributed by atoms with van der Waals surface area (Å²) in [5.74, 6) is -1.07. The molecule has 176 valence electrons. The quantitative estimate of drug-likeness (QED) is 0.404. The Kier molecular flexibility index (Phi) is 7.06. The van der Waals surface area contributed by atoms with Gasteiger partial charge in [-0.1, -0.05) is 18.2 Å². The van der Waals surface area contributed by atoms with Gasteiger partial charge in [0.1, 0.15) is 0 Å². The lowest BCUT2D eigenvalue weighted by Crippen LogP contribution is -2.45. The van der Waals surface area contributed by atoms with E-state index in [0.29, 0.717) is 11.3 Å². The number of ether oxygens (including phenoxy) is 2. The maximum Gasteiger partial charge on any atom is 0.418 e. The Hall–Kier alpha value is -3.41. The van der Waals surface area contributed by atoms with Crippen LogP contribution in [0.4, 0.5) is 27.6 Å². The summed E-state index contributed by atoms with van der Waals surface area (Å²) in [6.45, 7) is -1.54. The number of alkyl halides is 5. The number of anilines is 1. The van der Waals surface area contributed by atoms with Gasteiger partial charge in [0.25, 0.3) is 5.91 Å². The van der Waals surface area contributed by atoms with Crippen molar-refractivity contribution < 1.29 is 36.2 Å². The third-order valence-electron chi connectivity index (χ3n) is 4.73. The van der Waals surface area contributed by atoms with Crippen LogP contribution in [-0.2, 0) is 11.0 Å². The normalized spacial score (nSPS) is 16.2. The lowest BCUT2D eigenvalue weighted by Gasteiger charge is -2.31. The first-order valence-electron chi connectivity index (χ1n) is 9.40. The van der Waals surface area contributed by atoms with E-state index in [-0.39, 0.29) is 22.2 Å². The number of amides is 1. The number of thiocarbonyl (C=S) groups is 1. The minimum absolute atomic E-state index is 0.0288. The Bertz CT molecular complexity index is 1100. The van der Waals surface area contributed by atoms with E-state index in [9.17, 15) is 26.7 Å². The van der Waals surface area contributed by atoms with Gasteiger partial charge in [-0.15, -0.1) is 0 Å².